The first-order chi connectivity index (χ1) is 20.1. The Morgan fingerprint density at radius 3 is 2.24 bits per heavy atom. The van der Waals surface area contributed by atoms with Gasteiger partial charge in [0.1, 0.15) is 58.0 Å². The second-order valence-electron chi connectivity index (χ2n) is 9.49. The van der Waals surface area contributed by atoms with Gasteiger partial charge in [-0.2, -0.15) is 0 Å². The minimum absolute atomic E-state index is 0.0205. The van der Waals surface area contributed by atoms with Gasteiger partial charge in [0.15, 0.2) is 11.5 Å². The number of phenols is 3. The van der Waals surface area contributed by atoms with E-state index in [0.717, 1.165) is 12.1 Å². The van der Waals surface area contributed by atoms with Crippen molar-refractivity contribution in [3.8, 4) is 34.3 Å². The molecule has 0 bridgehead atoms. The Morgan fingerprint density at radius 2 is 1.57 bits per heavy atom. The normalized spacial score (nSPS) is 22.3. The van der Waals surface area contributed by atoms with Crippen molar-refractivity contribution in [1.82, 2.24) is 0 Å². The molecule has 2 heterocycles. The maximum absolute atomic E-state index is 12.7. The van der Waals surface area contributed by atoms with E-state index in [4.69, 9.17) is 18.6 Å². The SMILES string of the molecule is O=C(C=Cc1ccc(O)cc1)O[C@H]1[C@H](O)[C@@H](O)[C@H](Oc2cc(O)c3c(=O)cc(-c4ccc(O)cc4)oc3c2)O[C@@H]1CO. The molecule has 4 aromatic rings. The molecule has 3 aromatic carbocycles. The minimum atomic E-state index is -1.76. The Kier molecular flexibility index (Phi) is 8.13. The Bertz CT molecular complexity index is 1660. The number of benzene rings is 3. The molecule has 1 fully saturated rings. The van der Waals surface area contributed by atoms with Gasteiger partial charge in [-0.3, -0.25) is 4.79 Å². The van der Waals surface area contributed by atoms with Crippen molar-refractivity contribution in [2.45, 2.75) is 30.7 Å². The van der Waals surface area contributed by atoms with Crippen molar-refractivity contribution in [1.29, 1.82) is 0 Å². The van der Waals surface area contributed by atoms with E-state index in [9.17, 15) is 40.2 Å². The van der Waals surface area contributed by atoms with E-state index in [-0.39, 0.29) is 34.0 Å². The summed E-state index contributed by atoms with van der Waals surface area (Å²) in [5, 5.41) is 60.6. The Hall–Kier alpha value is -4.88. The fraction of sp³-hybridized carbons (Fsp3) is 0.200. The molecule has 0 unspecified atom stereocenters. The standard InChI is InChI=1S/C30H26O12/c31-14-24-29(42-25(36)10-3-15-1-6-17(32)7-2-15)27(37)28(38)30(41-24)39-19-11-20(34)26-21(35)13-22(40-23(26)12-19)16-4-8-18(33)9-5-16/h1-13,24,27-34,37-38H,14H2/t24-,27-,28-,29-,30-/m1/s1. The smallest absolute Gasteiger partial charge is 0.331 e. The maximum atomic E-state index is 12.7. The molecule has 218 valence electrons. The lowest BCUT2D eigenvalue weighted by Crippen LogP contribution is -2.61. The highest BCUT2D eigenvalue weighted by atomic mass is 16.7. The first kappa shape index (κ1) is 28.6. The Labute approximate surface area is 237 Å². The van der Waals surface area contributed by atoms with Crippen molar-refractivity contribution in [3.63, 3.8) is 0 Å². The second kappa shape index (κ2) is 11.9. The molecule has 0 radical (unpaired) electrons. The van der Waals surface area contributed by atoms with Crippen LogP contribution in [0.4, 0.5) is 0 Å². The van der Waals surface area contributed by atoms with Gasteiger partial charge in [-0.05, 0) is 48.0 Å². The average Bonchev–Trinajstić information content (AvgIpc) is 2.96. The third kappa shape index (κ3) is 6.06. The predicted molar refractivity (Wildman–Crippen MR) is 147 cm³/mol. The summed E-state index contributed by atoms with van der Waals surface area (Å²) in [5.41, 5.74) is 0.465. The van der Waals surface area contributed by atoms with Crippen LogP contribution in [0.25, 0.3) is 28.4 Å². The number of aliphatic hydroxyl groups excluding tert-OH is 3. The molecule has 0 amide bonds. The largest absolute Gasteiger partial charge is 0.508 e. The van der Waals surface area contributed by atoms with Crippen LogP contribution in [0, 0.1) is 0 Å². The van der Waals surface area contributed by atoms with E-state index in [1.54, 1.807) is 12.1 Å². The molecular formula is C30H26O12. The predicted octanol–water partition coefficient (Wildman–Crippen LogP) is 2.02. The summed E-state index contributed by atoms with van der Waals surface area (Å²) in [5.74, 6) is -1.25. The molecule has 0 aliphatic carbocycles. The van der Waals surface area contributed by atoms with Gasteiger partial charge < -0.3 is 49.3 Å². The van der Waals surface area contributed by atoms with Gasteiger partial charge in [-0.15, -0.1) is 0 Å². The number of esters is 1. The number of hydrogen-bond donors (Lipinski definition) is 6. The van der Waals surface area contributed by atoms with Crippen molar-refractivity contribution < 1.29 is 54.1 Å². The lowest BCUT2D eigenvalue weighted by Gasteiger charge is -2.41. The third-order valence-corrected chi connectivity index (χ3v) is 6.57. The molecule has 0 saturated carbocycles. The van der Waals surface area contributed by atoms with Crippen molar-refractivity contribution >= 4 is 23.0 Å². The molecule has 12 heteroatoms. The van der Waals surface area contributed by atoms with Gasteiger partial charge in [-0.25, -0.2) is 4.79 Å². The fourth-order valence-corrected chi connectivity index (χ4v) is 4.43. The van der Waals surface area contributed by atoms with E-state index in [2.05, 4.69) is 0 Å². The number of aromatic hydroxyl groups is 3. The van der Waals surface area contributed by atoms with Crippen LogP contribution < -0.4 is 10.2 Å². The Balaban J connectivity index is 1.33. The minimum Gasteiger partial charge on any atom is -0.508 e. The van der Waals surface area contributed by atoms with Crippen molar-refractivity contribution in [2.75, 3.05) is 6.61 Å². The van der Waals surface area contributed by atoms with Gasteiger partial charge in [-0.1, -0.05) is 12.1 Å². The topological polar surface area (TPSA) is 196 Å². The molecule has 0 spiro atoms. The molecule has 6 N–H and O–H groups in total. The van der Waals surface area contributed by atoms with Crippen molar-refractivity contribution in [2.24, 2.45) is 0 Å². The zero-order valence-corrected chi connectivity index (χ0v) is 21.7. The van der Waals surface area contributed by atoms with Crippen LogP contribution in [0.2, 0.25) is 0 Å². The summed E-state index contributed by atoms with van der Waals surface area (Å²) in [6.07, 6.45) is -5.36. The van der Waals surface area contributed by atoms with E-state index >= 15 is 0 Å². The zero-order valence-electron chi connectivity index (χ0n) is 21.7. The number of ether oxygens (including phenoxy) is 3. The van der Waals surface area contributed by atoms with Crippen LogP contribution in [0.5, 0.6) is 23.0 Å². The third-order valence-electron chi connectivity index (χ3n) is 6.57. The van der Waals surface area contributed by atoms with Gasteiger partial charge in [0.25, 0.3) is 0 Å². The highest BCUT2D eigenvalue weighted by molar-refractivity contribution is 5.87. The van der Waals surface area contributed by atoms with Crippen LogP contribution in [0.15, 0.2) is 82.0 Å². The number of fused-ring (bicyclic) bond motifs is 1. The maximum Gasteiger partial charge on any atom is 0.331 e. The summed E-state index contributed by atoms with van der Waals surface area (Å²) < 4.78 is 22.3. The highest BCUT2D eigenvalue weighted by Gasteiger charge is 2.47. The van der Waals surface area contributed by atoms with E-state index in [1.807, 2.05) is 0 Å². The van der Waals surface area contributed by atoms with Gasteiger partial charge in [0.2, 0.25) is 6.29 Å². The molecular weight excluding hydrogens is 552 g/mol. The molecule has 5 atom stereocenters. The molecule has 1 aliphatic rings. The van der Waals surface area contributed by atoms with E-state index in [0.29, 0.717) is 11.1 Å². The second-order valence-corrected chi connectivity index (χ2v) is 9.49. The van der Waals surface area contributed by atoms with Gasteiger partial charge in [0.05, 0.1) is 6.61 Å². The molecule has 1 aliphatic heterocycles. The number of aliphatic hydroxyl groups is 3. The van der Waals surface area contributed by atoms with E-state index < -0.39 is 54.5 Å². The molecule has 1 aromatic heterocycles. The van der Waals surface area contributed by atoms with Crippen LogP contribution in [0.3, 0.4) is 0 Å². The summed E-state index contributed by atoms with van der Waals surface area (Å²) in [4.78, 5) is 25.1. The number of rotatable bonds is 7. The molecule has 1 saturated heterocycles. The first-order valence-electron chi connectivity index (χ1n) is 12.7. The van der Waals surface area contributed by atoms with Crippen LogP contribution >= 0.6 is 0 Å². The highest BCUT2D eigenvalue weighted by Crippen LogP contribution is 2.33. The fourth-order valence-electron chi connectivity index (χ4n) is 4.43. The number of carbonyl (C=O) groups is 1. The van der Waals surface area contributed by atoms with Gasteiger partial charge in [0, 0.05) is 29.8 Å². The number of carbonyl (C=O) groups excluding carboxylic acids is 1. The van der Waals surface area contributed by atoms with Gasteiger partial charge >= 0.3 is 5.97 Å². The summed E-state index contributed by atoms with van der Waals surface area (Å²) in [6.45, 7) is -0.711. The molecule has 42 heavy (non-hydrogen) atoms. The summed E-state index contributed by atoms with van der Waals surface area (Å²) in [6, 6.07) is 15.4. The first-order valence-corrected chi connectivity index (χ1v) is 12.7. The van der Waals surface area contributed by atoms with Crippen LogP contribution in [-0.4, -0.2) is 73.9 Å². The monoisotopic (exact) mass is 578 g/mol. The lowest BCUT2D eigenvalue weighted by molar-refractivity contribution is -0.280. The van der Waals surface area contributed by atoms with Crippen LogP contribution in [0.1, 0.15) is 5.56 Å². The van der Waals surface area contributed by atoms with Crippen LogP contribution in [-0.2, 0) is 14.3 Å². The van der Waals surface area contributed by atoms with E-state index in [1.165, 1.54) is 54.6 Å². The zero-order chi connectivity index (χ0) is 30.0. The summed E-state index contributed by atoms with van der Waals surface area (Å²) in [7, 11) is 0. The quantitative estimate of drug-likeness (QED) is 0.138. The Morgan fingerprint density at radius 1 is 0.905 bits per heavy atom. The number of hydrogen-bond acceptors (Lipinski definition) is 12. The average molecular weight is 579 g/mol. The summed E-state index contributed by atoms with van der Waals surface area (Å²) >= 11 is 0. The lowest BCUT2D eigenvalue weighted by atomic mass is 9.99. The molecule has 5 rings (SSSR count). The molecule has 12 nitrogen and oxygen atoms in total. The van der Waals surface area contributed by atoms with Crippen molar-refractivity contribution in [3.05, 3.63) is 88.6 Å². The number of phenolic OH excluding ortho intramolecular Hbond substituents is 3.